The third-order valence-corrected chi connectivity index (χ3v) is 2.21. The largest absolute Gasteiger partial charge is 0.497 e. The molecular formula is C10H10N2O3. The summed E-state index contributed by atoms with van der Waals surface area (Å²) in [7, 11) is 1.54. The van der Waals surface area contributed by atoms with Crippen LogP contribution in [-0.2, 0) is 9.59 Å². The molecule has 2 rings (SSSR count). The molecule has 0 radical (unpaired) electrons. The van der Waals surface area contributed by atoms with Gasteiger partial charge in [-0.05, 0) is 6.07 Å². The number of rotatable bonds is 2. The second-order valence-corrected chi connectivity index (χ2v) is 3.25. The zero-order valence-electron chi connectivity index (χ0n) is 8.27. The predicted octanol–water partition coefficient (Wildman–Crippen LogP) is 0.396. The highest BCUT2D eigenvalue weighted by Crippen LogP contribution is 2.21. The summed E-state index contributed by atoms with van der Waals surface area (Å²) in [4.78, 5) is 27.9. The molecular weight excluding hydrogens is 196 g/mol. The number of nitrogens with zero attached hydrogens (tertiary/aromatic N) is 2. The minimum atomic E-state index is -0.208. The highest BCUT2D eigenvalue weighted by Gasteiger charge is 2.29. The van der Waals surface area contributed by atoms with Crippen molar-refractivity contribution in [3.63, 3.8) is 0 Å². The van der Waals surface area contributed by atoms with Gasteiger partial charge in [0.2, 0.25) is 5.91 Å². The Morgan fingerprint density at radius 1 is 1.47 bits per heavy atom. The summed E-state index contributed by atoms with van der Waals surface area (Å²) in [6, 6.07) is 3.32. The number of Topliss-reactive ketones (excluding diaryl/α,β-unsaturated/α-hetero) is 1. The lowest BCUT2D eigenvalue weighted by atomic mass is 10.3. The van der Waals surface area contributed by atoms with Crippen molar-refractivity contribution in [1.29, 1.82) is 0 Å². The normalized spacial score (nSPS) is 15.9. The van der Waals surface area contributed by atoms with Gasteiger partial charge < -0.3 is 4.74 Å². The number of amides is 1. The number of hydrogen-bond donors (Lipinski definition) is 0. The van der Waals surface area contributed by atoms with Crippen molar-refractivity contribution in [2.75, 3.05) is 18.6 Å². The van der Waals surface area contributed by atoms with Crippen molar-refractivity contribution < 1.29 is 14.3 Å². The standard InChI is InChI=1S/C10H10N2O3/c1-15-8-2-3-11-9(5-8)12-6-7(13)4-10(12)14/h2-3,5H,4,6H2,1H3. The van der Waals surface area contributed by atoms with Crippen LogP contribution in [0.4, 0.5) is 5.82 Å². The number of methoxy groups -OCH3 is 1. The van der Waals surface area contributed by atoms with Crippen LogP contribution in [0.3, 0.4) is 0 Å². The van der Waals surface area contributed by atoms with Gasteiger partial charge in [0.25, 0.3) is 0 Å². The van der Waals surface area contributed by atoms with Crippen molar-refractivity contribution in [3.8, 4) is 5.75 Å². The quantitative estimate of drug-likeness (QED) is 0.657. The molecule has 1 saturated heterocycles. The average molecular weight is 206 g/mol. The lowest BCUT2D eigenvalue weighted by Crippen LogP contribution is -2.25. The predicted molar refractivity (Wildman–Crippen MR) is 52.8 cm³/mol. The van der Waals surface area contributed by atoms with E-state index in [1.807, 2.05) is 0 Å². The number of hydrogen-bond acceptors (Lipinski definition) is 4. The Bertz CT molecular complexity index is 417. The molecule has 0 saturated carbocycles. The van der Waals surface area contributed by atoms with Gasteiger partial charge in [-0.15, -0.1) is 0 Å². The van der Waals surface area contributed by atoms with E-state index in [0.717, 1.165) is 0 Å². The van der Waals surface area contributed by atoms with Gasteiger partial charge in [-0.3, -0.25) is 14.5 Å². The molecule has 15 heavy (non-hydrogen) atoms. The maximum Gasteiger partial charge on any atom is 0.236 e. The third-order valence-electron chi connectivity index (χ3n) is 2.21. The van der Waals surface area contributed by atoms with E-state index in [4.69, 9.17) is 4.74 Å². The molecule has 0 aromatic carbocycles. The molecule has 1 aromatic heterocycles. The smallest absolute Gasteiger partial charge is 0.236 e. The highest BCUT2D eigenvalue weighted by atomic mass is 16.5. The number of pyridine rings is 1. The van der Waals surface area contributed by atoms with Gasteiger partial charge in [0.05, 0.1) is 20.1 Å². The van der Waals surface area contributed by atoms with E-state index in [0.29, 0.717) is 11.6 Å². The summed E-state index contributed by atoms with van der Waals surface area (Å²) in [5.41, 5.74) is 0. The van der Waals surface area contributed by atoms with Crippen LogP contribution in [-0.4, -0.2) is 30.3 Å². The first kappa shape index (κ1) is 9.64. The summed E-state index contributed by atoms with van der Waals surface area (Å²) >= 11 is 0. The first-order chi connectivity index (χ1) is 7.20. The van der Waals surface area contributed by atoms with Gasteiger partial charge in [-0.1, -0.05) is 0 Å². The fourth-order valence-electron chi connectivity index (χ4n) is 1.47. The number of carbonyl (C=O) groups excluding carboxylic acids is 2. The third kappa shape index (κ3) is 1.81. The summed E-state index contributed by atoms with van der Waals surface area (Å²) < 4.78 is 5.01. The van der Waals surface area contributed by atoms with Crippen molar-refractivity contribution in [2.24, 2.45) is 0 Å². The monoisotopic (exact) mass is 206 g/mol. The number of ether oxygens (including phenoxy) is 1. The molecule has 0 unspecified atom stereocenters. The van der Waals surface area contributed by atoms with Crippen LogP contribution >= 0.6 is 0 Å². The van der Waals surface area contributed by atoms with E-state index < -0.39 is 0 Å². The van der Waals surface area contributed by atoms with Crippen LogP contribution < -0.4 is 9.64 Å². The minimum Gasteiger partial charge on any atom is -0.497 e. The Hall–Kier alpha value is -1.91. The zero-order valence-corrected chi connectivity index (χ0v) is 8.27. The molecule has 5 heteroatoms. The summed E-state index contributed by atoms with van der Waals surface area (Å²) in [6.07, 6.45) is 1.52. The Labute approximate surface area is 86.7 Å². The van der Waals surface area contributed by atoms with E-state index in [1.165, 1.54) is 12.0 Å². The molecule has 1 amide bonds. The summed E-state index contributed by atoms with van der Waals surface area (Å²) in [5, 5.41) is 0. The lowest BCUT2D eigenvalue weighted by Gasteiger charge is -2.13. The van der Waals surface area contributed by atoms with Crippen molar-refractivity contribution in [2.45, 2.75) is 6.42 Å². The summed E-state index contributed by atoms with van der Waals surface area (Å²) in [5.74, 6) is 0.794. The average Bonchev–Trinajstić information content (AvgIpc) is 2.58. The molecule has 0 bridgehead atoms. The van der Waals surface area contributed by atoms with E-state index >= 15 is 0 Å². The molecule has 2 heterocycles. The molecule has 78 valence electrons. The second kappa shape index (κ2) is 3.68. The topological polar surface area (TPSA) is 59.5 Å². The minimum absolute atomic E-state index is 0.0289. The number of anilines is 1. The molecule has 1 fully saturated rings. The van der Waals surface area contributed by atoms with Gasteiger partial charge in [-0.2, -0.15) is 0 Å². The van der Waals surface area contributed by atoms with Crippen LogP contribution in [0, 0.1) is 0 Å². The highest BCUT2D eigenvalue weighted by molar-refractivity contribution is 6.14. The molecule has 0 atom stereocenters. The maximum absolute atomic E-state index is 11.4. The second-order valence-electron chi connectivity index (χ2n) is 3.25. The van der Waals surface area contributed by atoms with E-state index in [-0.39, 0.29) is 24.7 Å². The van der Waals surface area contributed by atoms with Crippen LogP contribution in [0.15, 0.2) is 18.3 Å². The number of ketones is 1. The number of carbonyl (C=O) groups is 2. The van der Waals surface area contributed by atoms with Crippen LogP contribution in [0.5, 0.6) is 5.75 Å². The van der Waals surface area contributed by atoms with Gasteiger partial charge in [0.15, 0.2) is 5.78 Å². The molecule has 0 N–H and O–H groups in total. The molecule has 5 nitrogen and oxygen atoms in total. The van der Waals surface area contributed by atoms with E-state index in [1.54, 1.807) is 18.3 Å². The first-order valence-electron chi connectivity index (χ1n) is 4.53. The van der Waals surface area contributed by atoms with Gasteiger partial charge in [0, 0.05) is 12.3 Å². The Balaban J connectivity index is 2.29. The lowest BCUT2D eigenvalue weighted by molar-refractivity contribution is -0.121. The van der Waals surface area contributed by atoms with Gasteiger partial charge in [0.1, 0.15) is 11.6 Å². The first-order valence-corrected chi connectivity index (χ1v) is 4.53. The van der Waals surface area contributed by atoms with Crippen LogP contribution in [0.2, 0.25) is 0 Å². The summed E-state index contributed by atoms with van der Waals surface area (Å²) in [6.45, 7) is 0.110. The van der Waals surface area contributed by atoms with Crippen LogP contribution in [0.25, 0.3) is 0 Å². The zero-order chi connectivity index (χ0) is 10.8. The fourth-order valence-corrected chi connectivity index (χ4v) is 1.47. The van der Waals surface area contributed by atoms with Crippen molar-refractivity contribution in [1.82, 2.24) is 4.98 Å². The van der Waals surface area contributed by atoms with Crippen LogP contribution in [0.1, 0.15) is 6.42 Å². The van der Waals surface area contributed by atoms with Crippen molar-refractivity contribution in [3.05, 3.63) is 18.3 Å². The van der Waals surface area contributed by atoms with E-state index in [2.05, 4.69) is 4.98 Å². The Kier molecular flexibility index (Phi) is 2.37. The molecule has 1 aliphatic heterocycles. The molecule has 0 aliphatic carbocycles. The Morgan fingerprint density at radius 2 is 2.27 bits per heavy atom. The SMILES string of the molecule is COc1ccnc(N2CC(=O)CC2=O)c1. The van der Waals surface area contributed by atoms with E-state index in [9.17, 15) is 9.59 Å². The Morgan fingerprint density at radius 3 is 2.87 bits per heavy atom. The molecule has 1 aliphatic rings. The fraction of sp³-hybridized carbons (Fsp3) is 0.300. The number of aromatic nitrogens is 1. The van der Waals surface area contributed by atoms with Gasteiger partial charge >= 0.3 is 0 Å². The van der Waals surface area contributed by atoms with Crippen molar-refractivity contribution >= 4 is 17.5 Å². The van der Waals surface area contributed by atoms with Gasteiger partial charge in [-0.25, -0.2) is 4.98 Å². The molecule has 0 spiro atoms. The maximum atomic E-state index is 11.4. The molecule has 1 aromatic rings.